The highest BCUT2D eigenvalue weighted by molar-refractivity contribution is 5.44. The van der Waals surface area contributed by atoms with Gasteiger partial charge in [-0.15, -0.1) is 0 Å². The van der Waals surface area contributed by atoms with Gasteiger partial charge in [-0.1, -0.05) is 6.07 Å². The van der Waals surface area contributed by atoms with Gasteiger partial charge in [0.2, 0.25) is 0 Å². The molecule has 82 valence electrons. The number of aromatic nitrogens is 1. The van der Waals surface area contributed by atoms with E-state index in [1.165, 1.54) is 18.5 Å². The Morgan fingerprint density at radius 2 is 2.47 bits per heavy atom. The minimum atomic E-state index is 0.774. The predicted octanol–water partition coefficient (Wildman–Crippen LogP) is 1.44. The quantitative estimate of drug-likeness (QED) is 0.809. The van der Waals surface area contributed by atoms with Gasteiger partial charge in [0.1, 0.15) is 5.82 Å². The van der Waals surface area contributed by atoms with Gasteiger partial charge in [0.15, 0.2) is 0 Å². The lowest BCUT2D eigenvalue weighted by Crippen LogP contribution is -2.27. The molecule has 0 aliphatic carbocycles. The summed E-state index contributed by atoms with van der Waals surface area (Å²) in [5.41, 5.74) is 1.26. The van der Waals surface area contributed by atoms with Crippen LogP contribution < -0.4 is 10.2 Å². The SMILES string of the molecule is Cc1cccnc1N(C)CC1CCNC1. The van der Waals surface area contributed by atoms with Gasteiger partial charge in [-0.25, -0.2) is 4.98 Å². The van der Waals surface area contributed by atoms with Gasteiger partial charge in [-0.2, -0.15) is 0 Å². The molecular formula is C12H19N3. The zero-order valence-corrected chi connectivity index (χ0v) is 9.53. The largest absolute Gasteiger partial charge is 0.359 e. The topological polar surface area (TPSA) is 28.2 Å². The molecule has 0 aromatic carbocycles. The number of anilines is 1. The second-order valence-corrected chi connectivity index (χ2v) is 4.38. The standard InChI is InChI=1S/C12H19N3/c1-10-4-3-6-14-12(10)15(2)9-11-5-7-13-8-11/h3-4,6,11,13H,5,7-9H2,1-2H3. The van der Waals surface area contributed by atoms with Gasteiger partial charge in [0, 0.05) is 19.8 Å². The summed E-state index contributed by atoms with van der Waals surface area (Å²) in [6, 6.07) is 4.11. The molecule has 0 spiro atoms. The van der Waals surface area contributed by atoms with Gasteiger partial charge < -0.3 is 10.2 Å². The normalized spacial score (nSPS) is 20.5. The van der Waals surface area contributed by atoms with Crippen molar-refractivity contribution in [1.82, 2.24) is 10.3 Å². The zero-order valence-electron chi connectivity index (χ0n) is 9.53. The molecule has 1 atom stereocenters. The smallest absolute Gasteiger partial charge is 0.131 e. The summed E-state index contributed by atoms with van der Waals surface area (Å²) in [6.07, 6.45) is 3.15. The minimum absolute atomic E-state index is 0.774. The van der Waals surface area contributed by atoms with Crippen molar-refractivity contribution < 1.29 is 0 Å². The third-order valence-corrected chi connectivity index (χ3v) is 3.04. The minimum Gasteiger partial charge on any atom is -0.359 e. The fourth-order valence-electron chi connectivity index (χ4n) is 2.22. The molecule has 2 heterocycles. The lowest BCUT2D eigenvalue weighted by Gasteiger charge is -2.23. The molecule has 0 bridgehead atoms. The van der Waals surface area contributed by atoms with Crippen molar-refractivity contribution in [2.24, 2.45) is 5.92 Å². The Bertz CT molecular complexity index is 318. The van der Waals surface area contributed by atoms with E-state index < -0.39 is 0 Å². The molecule has 1 saturated heterocycles. The van der Waals surface area contributed by atoms with Crippen LogP contribution in [0.3, 0.4) is 0 Å². The predicted molar refractivity (Wildman–Crippen MR) is 63.2 cm³/mol. The Balaban J connectivity index is 2.00. The molecule has 3 nitrogen and oxygen atoms in total. The Morgan fingerprint density at radius 1 is 1.60 bits per heavy atom. The van der Waals surface area contributed by atoms with E-state index in [2.05, 4.69) is 35.2 Å². The Kier molecular flexibility index (Phi) is 3.21. The number of pyridine rings is 1. The third-order valence-electron chi connectivity index (χ3n) is 3.04. The van der Waals surface area contributed by atoms with Crippen LogP contribution >= 0.6 is 0 Å². The molecule has 1 aromatic rings. The molecule has 15 heavy (non-hydrogen) atoms. The molecule has 0 saturated carbocycles. The molecular weight excluding hydrogens is 186 g/mol. The molecule has 1 N–H and O–H groups in total. The van der Waals surface area contributed by atoms with E-state index in [1.807, 2.05) is 12.3 Å². The summed E-state index contributed by atoms with van der Waals surface area (Å²) in [7, 11) is 2.13. The number of nitrogens with zero attached hydrogens (tertiary/aromatic N) is 2. The number of hydrogen-bond donors (Lipinski definition) is 1. The highest BCUT2D eigenvalue weighted by atomic mass is 15.2. The molecule has 1 aliphatic rings. The molecule has 0 amide bonds. The zero-order chi connectivity index (χ0) is 10.7. The van der Waals surface area contributed by atoms with E-state index in [0.29, 0.717) is 0 Å². The van der Waals surface area contributed by atoms with Crippen LogP contribution in [0.2, 0.25) is 0 Å². The van der Waals surface area contributed by atoms with Crippen molar-refractivity contribution in [1.29, 1.82) is 0 Å². The monoisotopic (exact) mass is 205 g/mol. The van der Waals surface area contributed by atoms with Crippen molar-refractivity contribution >= 4 is 5.82 Å². The molecule has 0 radical (unpaired) electrons. The third kappa shape index (κ3) is 2.48. The first-order valence-corrected chi connectivity index (χ1v) is 5.61. The van der Waals surface area contributed by atoms with Crippen molar-refractivity contribution in [3.8, 4) is 0 Å². The molecule has 1 aliphatic heterocycles. The average molecular weight is 205 g/mol. The Labute approximate surface area is 91.5 Å². The molecule has 1 fully saturated rings. The van der Waals surface area contributed by atoms with E-state index in [9.17, 15) is 0 Å². The fourth-order valence-corrected chi connectivity index (χ4v) is 2.22. The molecule has 3 heteroatoms. The van der Waals surface area contributed by atoms with Gasteiger partial charge in [-0.3, -0.25) is 0 Å². The maximum atomic E-state index is 4.43. The van der Waals surface area contributed by atoms with Crippen LogP contribution in [0, 0.1) is 12.8 Å². The second kappa shape index (κ2) is 4.62. The summed E-state index contributed by atoms with van der Waals surface area (Å²) >= 11 is 0. The second-order valence-electron chi connectivity index (χ2n) is 4.38. The van der Waals surface area contributed by atoms with Gasteiger partial charge in [0.05, 0.1) is 0 Å². The number of rotatable bonds is 3. The highest BCUT2D eigenvalue weighted by Gasteiger charge is 2.17. The summed E-state index contributed by atoms with van der Waals surface area (Å²) in [4.78, 5) is 6.70. The van der Waals surface area contributed by atoms with Crippen LogP contribution in [-0.2, 0) is 0 Å². The van der Waals surface area contributed by atoms with Crippen molar-refractivity contribution in [2.45, 2.75) is 13.3 Å². The first kappa shape index (κ1) is 10.4. The maximum absolute atomic E-state index is 4.43. The van der Waals surface area contributed by atoms with Crippen LogP contribution in [-0.4, -0.2) is 31.7 Å². The average Bonchev–Trinajstić information content (AvgIpc) is 2.71. The van der Waals surface area contributed by atoms with Gasteiger partial charge in [0.25, 0.3) is 0 Å². The Morgan fingerprint density at radius 3 is 3.13 bits per heavy atom. The van der Waals surface area contributed by atoms with Crippen LogP contribution in [0.15, 0.2) is 18.3 Å². The summed E-state index contributed by atoms with van der Waals surface area (Å²) in [5.74, 6) is 1.89. The number of nitrogens with one attached hydrogen (secondary N) is 1. The van der Waals surface area contributed by atoms with Gasteiger partial charge in [-0.05, 0) is 44.0 Å². The maximum Gasteiger partial charge on any atom is 0.131 e. The summed E-state index contributed by atoms with van der Waals surface area (Å²) in [5, 5.41) is 3.40. The first-order chi connectivity index (χ1) is 7.27. The van der Waals surface area contributed by atoms with E-state index >= 15 is 0 Å². The summed E-state index contributed by atoms with van der Waals surface area (Å²) in [6.45, 7) is 5.53. The van der Waals surface area contributed by atoms with E-state index in [-0.39, 0.29) is 0 Å². The molecule has 2 rings (SSSR count). The fraction of sp³-hybridized carbons (Fsp3) is 0.583. The Hall–Kier alpha value is -1.09. The van der Waals surface area contributed by atoms with Crippen molar-refractivity contribution in [2.75, 3.05) is 31.6 Å². The van der Waals surface area contributed by atoms with Crippen LogP contribution in [0.4, 0.5) is 5.82 Å². The van der Waals surface area contributed by atoms with Crippen molar-refractivity contribution in [3.63, 3.8) is 0 Å². The summed E-state index contributed by atoms with van der Waals surface area (Å²) < 4.78 is 0. The number of hydrogen-bond acceptors (Lipinski definition) is 3. The molecule has 1 unspecified atom stereocenters. The number of aryl methyl sites for hydroxylation is 1. The van der Waals surface area contributed by atoms with Crippen LogP contribution in [0.5, 0.6) is 0 Å². The van der Waals surface area contributed by atoms with E-state index in [0.717, 1.165) is 24.8 Å². The van der Waals surface area contributed by atoms with Crippen LogP contribution in [0.25, 0.3) is 0 Å². The highest BCUT2D eigenvalue weighted by Crippen LogP contribution is 2.17. The lowest BCUT2D eigenvalue weighted by atomic mass is 10.1. The lowest BCUT2D eigenvalue weighted by molar-refractivity contribution is 0.575. The van der Waals surface area contributed by atoms with Crippen LogP contribution in [0.1, 0.15) is 12.0 Å². The van der Waals surface area contributed by atoms with Crippen molar-refractivity contribution in [3.05, 3.63) is 23.9 Å². The first-order valence-electron chi connectivity index (χ1n) is 5.61. The molecule has 1 aromatic heterocycles. The van der Waals surface area contributed by atoms with E-state index in [1.54, 1.807) is 0 Å². The van der Waals surface area contributed by atoms with E-state index in [4.69, 9.17) is 0 Å². The van der Waals surface area contributed by atoms with Gasteiger partial charge >= 0.3 is 0 Å².